The summed E-state index contributed by atoms with van der Waals surface area (Å²) in [7, 11) is 4.14. The molecule has 2 N–H and O–H groups in total. The summed E-state index contributed by atoms with van der Waals surface area (Å²) < 4.78 is 0. The van der Waals surface area contributed by atoms with Crippen LogP contribution in [0, 0.1) is 17.8 Å². The minimum absolute atomic E-state index is 0.343. The molecule has 1 heterocycles. The zero-order valence-corrected chi connectivity index (χ0v) is 13.2. The molecule has 1 saturated heterocycles. The fraction of sp³-hybridized carbons (Fsp3) is 0.938. The first-order valence-corrected chi connectivity index (χ1v) is 8.21. The van der Waals surface area contributed by atoms with Crippen LogP contribution in [0.4, 0.5) is 0 Å². The van der Waals surface area contributed by atoms with Gasteiger partial charge in [-0.25, -0.2) is 0 Å². The van der Waals surface area contributed by atoms with Crippen LogP contribution in [0.1, 0.15) is 38.5 Å². The molecule has 2 fully saturated rings. The molecule has 0 aromatic carbocycles. The molecule has 0 bridgehead atoms. The topological polar surface area (TPSA) is 49.6 Å². The highest BCUT2D eigenvalue weighted by atomic mass is 16.2. The van der Waals surface area contributed by atoms with Crippen LogP contribution in [0.15, 0.2) is 0 Å². The van der Waals surface area contributed by atoms with E-state index < -0.39 is 0 Å². The summed E-state index contributed by atoms with van der Waals surface area (Å²) in [6, 6.07) is 0. The summed E-state index contributed by atoms with van der Waals surface area (Å²) in [6.07, 6.45) is 6.78. The van der Waals surface area contributed by atoms with Crippen LogP contribution in [-0.4, -0.2) is 56.0 Å². The second-order valence-electron chi connectivity index (χ2n) is 7.02. The van der Waals surface area contributed by atoms with E-state index in [1.54, 1.807) is 0 Å². The van der Waals surface area contributed by atoms with Crippen molar-refractivity contribution in [2.24, 2.45) is 23.5 Å². The van der Waals surface area contributed by atoms with Crippen molar-refractivity contribution in [3.8, 4) is 0 Å². The molecule has 0 aromatic rings. The maximum absolute atomic E-state index is 12.3. The van der Waals surface area contributed by atoms with Crippen LogP contribution in [0.2, 0.25) is 0 Å². The molecule has 20 heavy (non-hydrogen) atoms. The van der Waals surface area contributed by atoms with Crippen molar-refractivity contribution in [1.82, 2.24) is 9.80 Å². The van der Waals surface area contributed by atoms with Gasteiger partial charge < -0.3 is 15.5 Å². The summed E-state index contributed by atoms with van der Waals surface area (Å²) in [5.74, 6) is 2.31. The van der Waals surface area contributed by atoms with E-state index in [4.69, 9.17) is 5.73 Å². The molecule has 1 unspecified atom stereocenters. The van der Waals surface area contributed by atoms with Crippen molar-refractivity contribution in [1.29, 1.82) is 0 Å². The Morgan fingerprint density at radius 1 is 1.15 bits per heavy atom. The van der Waals surface area contributed by atoms with Gasteiger partial charge in [-0.2, -0.15) is 0 Å². The van der Waals surface area contributed by atoms with Gasteiger partial charge >= 0.3 is 0 Å². The number of carbonyl (C=O) groups excluding carboxylic acids is 1. The van der Waals surface area contributed by atoms with Crippen molar-refractivity contribution in [3.05, 3.63) is 0 Å². The normalized spacial score (nSPS) is 31.4. The molecule has 116 valence electrons. The maximum atomic E-state index is 12.3. The molecule has 2 aliphatic rings. The predicted octanol–water partition coefficient (Wildman–Crippen LogP) is 1.55. The Balaban J connectivity index is 1.69. The minimum atomic E-state index is 0.343. The quantitative estimate of drug-likeness (QED) is 0.832. The van der Waals surface area contributed by atoms with Crippen molar-refractivity contribution < 1.29 is 4.79 Å². The highest BCUT2D eigenvalue weighted by molar-refractivity contribution is 5.76. The highest BCUT2D eigenvalue weighted by Gasteiger charge is 2.26. The number of rotatable bonds is 5. The van der Waals surface area contributed by atoms with Crippen LogP contribution in [0.5, 0.6) is 0 Å². The van der Waals surface area contributed by atoms with Gasteiger partial charge in [0.2, 0.25) is 5.91 Å². The Morgan fingerprint density at radius 3 is 2.35 bits per heavy atom. The van der Waals surface area contributed by atoms with Gasteiger partial charge in [-0.3, -0.25) is 4.79 Å². The number of hydrogen-bond donors (Lipinski definition) is 1. The number of hydrogen-bond acceptors (Lipinski definition) is 3. The summed E-state index contributed by atoms with van der Waals surface area (Å²) in [6.45, 7) is 4.06. The van der Waals surface area contributed by atoms with Crippen LogP contribution in [-0.2, 0) is 4.79 Å². The Hall–Kier alpha value is -0.610. The fourth-order valence-electron chi connectivity index (χ4n) is 3.74. The summed E-state index contributed by atoms with van der Waals surface area (Å²) in [5.41, 5.74) is 5.72. The van der Waals surface area contributed by atoms with Gasteiger partial charge in [0.15, 0.2) is 0 Å². The third-order valence-electron chi connectivity index (χ3n) is 5.21. The first kappa shape index (κ1) is 15.8. The predicted molar refractivity (Wildman–Crippen MR) is 82.4 cm³/mol. The lowest BCUT2D eigenvalue weighted by Crippen LogP contribution is -2.34. The van der Waals surface area contributed by atoms with E-state index in [0.29, 0.717) is 23.7 Å². The van der Waals surface area contributed by atoms with Gasteiger partial charge in [-0.1, -0.05) is 0 Å². The van der Waals surface area contributed by atoms with Gasteiger partial charge in [0.25, 0.3) is 0 Å². The molecule has 2 rings (SSSR count). The van der Waals surface area contributed by atoms with Gasteiger partial charge in [0.1, 0.15) is 0 Å². The van der Waals surface area contributed by atoms with Gasteiger partial charge in [-0.05, 0) is 70.0 Å². The zero-order chi connectivity index (χ0) is 14.5. The van der Waals surface area contributed by atoms with E-state index in [-0.39, 0.29) is 0 Å². The number of carbonyl (C=O) groups is 1. The lowest BCUT2D eigenvalue weighted by Gasteiger charge is -2.29. The lowest BCUT2D eigenvalue weighted by atomic mass is 9.80. The molecule has 1 amide bonds. The third-order valence-corrected chi connectivity index (χ3v) is 5.21. The number of nitrogens with two attached hydrogens (primary N) is 1. The fourth-order valence-corrected chi connectivity index (χ4v) is 3.74. The molecule has 1 aliphatic heterocycles. The molecular formula is C16H31N3O. The third kappa shape index (κ3) is 4.45. The molecule has 0 aromatic heterocycles. The largest absolute Gasteiger partial charge is 0.345 e. The molecule has 0 radical (unpaired) electrons. The van der Waals surface area contributed by atoms with Gasteiger partial charge in [0, 0.05) is 26.6 Å². The second-order valence-corrected chi connectivity index (χ2v) is 7.02. The van der Waals surface area contributed by atoms with E-state index in [9.17, 15) is 4.79 Å². The smallest absolute Gasteiger partial charge is 0.222 e. The van der Waals surface area contributed by atoms with E-state index in [1.165, 1.54) is 38.6 Å². The molecule has 0 spiro atoms. The van der Waals surface area contributed by atoms with E-state index in [1.807, 2.05) is 11.9 Å². The van der Waals surface area contributed by atoms with Crippen molar-refractivity contribution >= 4 is 5.91 Å². The number of nitrogens with zero attached hydrogens (tertiary/aromatic N) is 2. The molecule has 1 atom stereocenters. The summed E-state index contributed by atoms with van der Waals surface area (Å²) in [4.78, 5) is 16.6. The van der Waals surface area contributed by atoms with Crippen LogP contribution in [0.25, 0.3) is 0 Å². The summed E-state index contributed by atoms with van der Waals surface area (Å²) in [5, 5.41) is 0. The molecule has 1 saturated carbocycles. The highest BCUT2D eigenvalue weighted by Crippen LogP contribution is 2.30. The molecular weight excluding hydrogens is 250 g/mol. The van der Waals surface area contributed by atoms with Crippen molar-refractivity contribution in [2.75, 3.05) is 40.3 Å². The maximum Gasteiger partial charge on any atom is 0.222 e. The number of amides is 1. The average molecular weight is 281 g/mol. The van der Waals surface area contributed by atoms with Crippen LogP contribution < -0.4 is 5.73 Å². The molecule has 4 heteroatoms. The zero-order valence-electron chi connectivity index (χ0n) is 13.2. The van der Waals surface area contributed by atoms with Gasteiger partial charge in [-0.15, -0.1) is 0 Å². The SMILES string of the molecule is CN1CCC(CN(C)C(=O)CC2CCC(CN)CC2)C1. The summed E-state index contributed by atoms with van der Waals surface area (Å²) >= 11 is 0. The monoisotopic (exact) mass is 281 g/mol. The van der Waals surface area contributed by atoms with E-state index >= 15 is 0 Å². The van der Waals surface area contributed by atoms with E-state index in [2.05, 4.69) is 11.9 Å². The van der Waals surface area contributed by atoms with Crippen molar-refractivity contribution in [3.63, 3.8) is 0 Å². The van der Waals surface area contributed by atoms with Crippen LogP contribution in [0.3, 0.4) is 0 Å². The Kier molecular flexibility index (Phi) is 5.85. The van der Waals surface area contributed by atoms with E-state index in [0.717, 1.165) is 26.1 Å². The first-order valence-electron chi connectivity index (χ1n) is 8.21. The Morgan fingerprint density at radius 2 is 1.80 bits per heavy atom. The second kappa shape index (κ2) is 7.41. The lowest BCUT2D eigenvalue weighted by molar-refractivity contribution is -0.131. The van der Waals surface area contributed by atoms with Crippen LogP contribution >= 0.6 is 0 Å². The number of likely N-dealkylation sites (tertiary alicyclic amines) is 1. The average Bonchev–Trinajstić information content (AvgIpc) is 2.85. The minimum Gasteiger partial charge on any atom is -0.345 e. The Bertz CT molecular complexity index is 313. The molecule has 4 nitrogen and oxygen atoms in total. The molecule has 1 aliphatic carbocycles. The Labute approximate surface area is 123 Å². The van der Waals surface area contributed by atoms with Crippen molar-refractivity contribution in [2.45, 2.75) is 38.5 Å². The first-order chi connectivity index (χ1) is 9.58. The standard InChI is InChI=1S/C16H31N3O/c1-18-8-7-15(11-18)12-19(2)16(20)9-13-3-5-14(10-17)6-4-13/h13-15H,3-12,17H2,1-2H3. The van der Waals surface area contributed by atoms with Gasteiger partial charge in [0.05, 0.1) is 0 Å².